The van der Waals surface area contributed by atoms with Crippen LogP contribution in [0.4, 0.5) is 8.78 Å². The maximum Gasteiger partial charge on any atom is 0.132 e. The van der Waals surface area contributed by atoms with Gasteiger partial charge in [0.25, 0.3) is 0 Å². The van der Waals surface area contributed by atoms with Crippen molar-refractivity contribution < 1.29 is 8.78 Å². The van der Waals surface area contributed by atoms with Crippen LogP contribution in [0, 0.1) is 18.6 Å². The highest BCUT2D eigenvalue weighted by Gasteiger charge is 2.09. The molecular formula is C14H12F2. The molecule has 0 aliphatic rings. The molecule has 16 heavy (non-hydrogen) atoms. The Morgan fingerprint density at radius 2 is 1.62 bits per heavy atom. The number of benzene rings is 2. The standard InChI is InChI=1S/C14H12F2/c1-10-13(15)8-7-12(14(10)16)9-11-5-3-2-4-6-11/h2-8H,9H2,1H3. The van der Waals surface area contributed by atoms with Gasteiger partial charge in [-0.05, 0) is 24.1 Å². The molecule has 82 valence electrons. The fourth-order valence-electron chi connectivity index (χ4n) is 1.67. The van der Waals surface area contributed by atoms with E-state index in [0.717, 1.165) is 5.56 Å². The second kappa shape index (κ2) is 4.44. The van der Waals surface area contributed by atoms with Gasteiger partial charge in [-0.15, -0.1) is 0 Å². The van der Waals surface area contributed by atoms with Crippen LogP contribution in [-0.4, -0.2) is 0 Å². The molecule has 0 unspecified atom stereocenters. The second-order valence-corrected chi connectivity index (χ2v) is 3.81. The minimum Gasteiger partial charge on any atom is -0.207 e. The Morgan fingerprint density at radius 3 is 2.31 bits per heavy atom. The molecule has 0 heterocycles. The fraction of sp³-hybridized carbons (Fsp3) is 0.143. The zero-order chi connectivity index (χ0) is 11.5. The Balaban J connectivity index is 2.33. The lowest BCUT2D eigenvalue weighted by Gasteiger charge is -2.06. The average molecular weight is 218 g/mol. The van der Waals surface area contributed by atoms with E-state index >= 15 is 0 Å². The van der Waals surface area contributed by atoms with Gasteiger partial charge in [-0.1, -0.05) is 36.4 Å². The smallest absolute Gasteiger partial charge is 0.132 e. The molecule has 0 bridgehead atoms. The van der Waals surface area contributed by atoms with E-state index in [1.54, 1.807) is 0 Å². The second-order valence-electron chi connectivity index (χ2n) is 3.81. The van der Waals surface area contributed by atoms with Crippen molar-refractivity contribution in [2.45, 2.75) is 13.3 Å². The van der Waals surface area contributed by atoms with Crippen molar-refractivity contribution in [2.75, 3.05) is 0 Å². The molecule has 0 spiro atoms. The van der Waals surface area contributed by atoms with Gasteiger partial charge >= 0.3 is 0 Å². The molecule has 2 aromatic rings. The van der Waals surface area contributed by atoms with E-state index < -0.39 is 11.6 Å². The molecule has 0 radical (unpaired) electrons. The predicted molar refractivity (Wildman–Crippen MR) is 60.3 cm³/mol. The lowest BCUT2D eigenvalue weighted by Crippen LogP contribution is -1.97. The lowest BCUT2D eigenvalue weighted by atomic mass is 10.0. The van der Waals surface area contributed by atoms with Crippen LogP contribution < -0.4 is 0 Å². The molecule has 0 amide bonds. The zero-order valence-corrected chi connectivity index (χ0v) is 9.00. The van der Waals surface area contributed by atoms with Crippen molar-refractivity contribution in [3.8, 4) is 0 Å². The summed E-state index contributed by atoms with van der Waals surface area (Å²) in [5.41, 5.74) is 1.64. The Hall–Kier alpha value is -1.70. The van der Waals surface area contributed by atoms with Crippen LogP contribution in [0.25, 0.3) is 0 Å². The molecule has 0 saturated carbocycles. The van der Waals surface area contributed by atoms with E-state index in [-0.39, 0.29) is 5.56 Å². The minimum absolute atomic E-state index is 0.0911. The summed E-state index contributed by atoms with van der Waals surface area (Å²) in [4.78, 5) is 0. The van der Waals surface area contributed by atoms with Crippen molar-refractivity contribution in [3.05, 3.63) is 70.8 Å². The average Bonchev–Trinajstić information content (AvgIpc) is 2.31. The van der Waals surface area contributed by atoms with E-state index in [2.05, 4.69) is 0 Å². The summed E-state index contributed by atoms with van der Waals surface area (Å²) in [6.45, 7) is 1.46. The van der Waals surface area contributed by atoms with Crippen molar-refractivity contribution >= 4 is 0 Å². The van der Waals surface area contributed by atoms with E-state index in [4.69, 9.17) is 0 Å². The monoisotopic (exact) mass is 218 g/mol. The molecule has 0 aromatic heterocycles. The third kappa shape index (κ3) is 2.11. The van der Waals surface area contributed by atoms with Gasteiger partial charge in [0.1, 0.15) is 11.6 Å². The molecule has 2 rings (SSSR count). The Labute approximate surface area is 93.5 Å². The summed E-state index contributed by atoms with van der Waals surface area (Å²) >= 11 is 0. The minimum atomic E-state index is -0.491. The van der Waals surface area contributed by atoms with Crippen LogP contribution in [0.15, 0.2) is 42.5 Å². The molecule has 0 fully saturated rings. The molecular weight excluding hydrogens is 206 g/mol. The third-order valence-electron chi connectivity index (χ3n) is 2.64. The van der Waals surface area contributed by atoms with Crippen LogP contribution >= 0.6 is 0 Å². The van der Waals surface area contributed by atoms with E-state index in [9.17, 15) is 8.78 Å². The van der Waals surface area contributed by atoms with Gasteiger partial charge in [-0.2, -0.15) is 0 Å². The third-order valence-corrected chi connectivity index (χ3v) is 2.64. The van der Waals surface area contributed by atoms with Gasteiger partial charge in [0.2, 0.25) is 0 Å². The van der Waals surface area contributed by atoms with Gasteiger partial charge in [-0.25, -0.2) is 8.78 Å². The number of rotatable bonds is 2. The van der Waals surface area contributed by atoms with E-state index in [1.165, 1.54) is 19.1 Å². The molecule has 2 heteroatoms. The molecule has 0 N–H and O–H groups in total. The summed E-state index contributed by atoms with van der Waals surface area (Å²) in [5, 5.41) is 0. The van der Waals surface area contributed by atoms with Crippen LogP contribution in [0.5, 0.6) is 0 Å². The summed E-state index contributed by atoms with van der Waals surface area (Å²) in [6.07, 6.45) is 0.494. The summed E-state index contributed by atoms with van der Waals surface area (Å²) < 4.78 is 26.8. The highest BCUT2D eigenvalue weighted by molar-refractivity contribution is 5.31. The van der Waals surface area contributed by atoms with Crippen molar-refractivity contribution in [3.63, 3.8) is 0 Å². The van der Waals surface area contributed by atoms with Crippen LogP contribution in [-0.2, 0) is 6.42 Å². The number of hydrogen-bond donors (Lipinski definition) is 0. The molecule has 0 aliphatic heterocycles. The lowest BCUT2D eigenvalue weighted by molar-refractivity contribution is 0.559. The van der Waals surface area contributed by atoms with E-state index in [1.807, 2.05) is 30.3 Å². The van der Waals surface area contributed by atoms with Crippen molar-refractivity contribution in [1.82, 2.24) is 0 Å². The van der Waals surface area contributed by atoms with Crippen molar-refractivity contribution in [1.29, 1.82) is 0 Å². The topological polar surface area (TPSA) is 0 Å². The molecule has 0 nitrogen and oxygen atoms in total. The van der Waals surface area contributed by atoms with E-state index in [0.29, 0.717) is 12.0 Å². The Morgan fingerprint density at radius 1 is 0.938 bits per heavy atom. The van der Waals surface area contributed by atoms with Gasteiger partial charge in [-0.3, -0.25) is 0 Å². The highest BCUT2D eigenvalue weighted by Crippen LogP contribution is 2.18. The first kappa shape index (κ1) is 10.8. The van der Waals surface area contributed by atoms with Crippen LogP contribution in [0.1, 0.15) is 16.7 Å². The molecule has 0 atom stereocenters. The van der Waals surface area contributed by atoms with Gasteiger partial charge < -0.3 is 0 Å². The first-order valence-corrected chi connectivity index (χ1v) is 5.16. The van der Waals surface area contributed by atoms with Gasteiger partial charge in [0.15, 0.2) is 0 Å². The number of hydrogen-bond acceptors (Lipinski definition) is 0. The predicted octanol–water partition coefficient (Wildman–Crippen LogP) is 3.86. The Kier molecular flexibility index (Phi) is 3.00. The highest BCUT2D eigenvalue weighted by atomic mass is 19.1. The molecule has 0 aliphatic carbocycles. The quantitative estimate of drug-likeness (QED) is 0.718. The van der Waals surface area contributed by atoms with Gasteiger partial charge in [0, 0.05) is 12.0 Å². The van der Waals surface area contributed by atoms with Crippen LogP contribution in [0.3, 0.4) is 0 Å². The SMILES string of the molecule is Cc1c(F)ccc(Cc2ccccc2)c1F. The summed E-state index contributed by atoms with van der Waals surface area (Å²) in [5.74, 6) is -0.932. The van der Waals surface area contributed by atoms with Gasteiger partial charge in [0.05, 0.1) is 0 Å². The molecule has 2 aromatic carbocycles. The first-order chi connectivity index (χ1) is 7.68. The summed E-state index contributed by atoms with van der Waals surface area (Å²) in [6, 6.07) is 12.4. The maximum absolute atomic E-state index is 13.7. The largest absolute Gasteiger partial charge is 0.207 e. The zero-order valence-electron chi connectivity index (χ0n) is 9.00. The molecule has 0 saturated heterocycles. The fourth-order valence-corrected chi connectivity index (χ4v) is 1.67. The summed E-state index contributed by atoms with van der Waals surface area (Å²) in [7, 11) is 0. The first-order valence-electron chi connectivity index (χ1n) is 5.16. The van der Waals surface area contributed by atoms with Crippen LogP contribution in [0.2, 0.25) is 0 Å². The Bertz CT molecular complexity index is 490. The van der Waals surface area contributed by atoms with Crippen molar-refractivity contribution in [2.24, 2.45) is 0 Å². The number of halogens is 2. The maximum atomic E-state index is 13.7. The normalized spacial score (nSPS) is 10.4.